The maximum atomic E-state index is 14.3. The Bertz CT molecular complexity index is 2640. The molecule has 1 aliphatic carbocycles. The van der Waals surface area contributed by atoms with Gasteiger partial charge in [-0.25, -0.2) is 13.2 Å². The number of hydrogen-bond donors (Lipinski definition) is 0. The van der Waals surface area contributed by atoms with Gasteiger partial charge in [0.15, 0.2) is 17.0 Å². The minimum absolute atomic E-state index is 0.0217. The molecule has 2 bridgehead atoms. The molecule has 9 heteroatoms. The summed E-state index contributed by atoms with van der Waals surface area (Å²) in [7, 11) is -4.08. The maximum absolute atomic E-state index is 14.3. The van der Waals surface area contributed by atoms with Crippen LogP contribution in [-0.2, 0) is 40.1 Å². The molecule has 2 aliphatic rings. The molecule has 8 rings (SSSR count). The Morgan fingerprint density at radius 1 is 0.712 bits per heavy atom. The number of ether oxygens (including phenoxy) is 2. The lowest BCUT2D eigenvalue weighted by Crippen LogP contribution is -2.43. The fourth-order valence-corrected chi connectivity index (χ4v) is 9.24. The fourth-order valence-electron chi connectivity index (χ4n) is 7.36. The second kappa shape index (κ2) is 11.1. The molecule has 6 aromatic rings. The van der Waals surface area contributed by atoms with Gasteiger partial charge in [-0.05, 0) is 88.2 Å². The molecule has 0 fully saturated rings. The highest BCUT2D eigenvalue weighted by molar-refractivity contribution is 7.91. The van der Waals surface area contributed by atoms with Crippen LogP contribution in [0, 0.1) is 5.41 Å². The number of fused-ring (bicyclic) bond motifs is 6. The Balaban J connectivity index is 1.37. The molecule has 260 valence electrons. The normalized spacial score (nSPS) is 20.0. The number of rotatable bonds is 5. The van der Waals surface area contributed by atoms with Crippen LogP contribution in [0.25, 0.3) is 22.3 Å². The van der Waals surface area contributed by atoms with Gasteiger partial charge >= 0.3 is 11.9 Å². The highest BCUT2D eigenvalue weighted by atomic mass is 32.2. The molecule has 0 saturated heterocycles. The van der Waals surface area contributed by atoms with Crippen LogP contribution in [0.3, 0.4) is 0 Å². The predicted octanol–water partition coefficient (Wildman–Crippen LogP) is 8.49. The third-order valence-corrected chi connectivity index (χ3v) is 11.9. The molecule has 0 N–H and O–H groups in total. The topological polar surface area (TPSA) is 117 Å². The second-order valence-corrected chi connectivity index (χ2v) is 16.5. The van der Waals surface area contributed by atoms with E-state index in [1.54, 1.807) is 107 Å². The molecule has 3 heterocycles. The van der Waals surface area contributed by atoms with E-state index in [-0.39, 0.29) is 21.1 Å². The van der Waals surface area contributed by atoms with E-state index in [2.05, 4.69) is 6.58 Å². The third kappa shape index (κ3) is 4.65. The summed E-state index contributed by atoms with van der Waals surface area (Å²) in [6.45, 7) is 12.2. The number of ketones is 1. The molecular weight excluding hydrogens is 677 g/mol. The van der Waals surface area contributed by atoms with E-state index < -0.39 is 38.4 Å². The van der Waals surface area contributed by atoms with Crippen molar-refractivity contribution >= 4 is 38.7 Å². The first-order valence-electron chi connectivity index (χ1n) is 16.8. The van der Waals surface area contributed by atoms with Gasteiger partial charge in [-0.2, -0.15) is 0 Å². The minimum atomic E-state index is -4.08. The van der Waals surface area contributed by atoms with Gasteiger partial charge in [0, 0.05) is 39.0 Å². The summed E-state index contributed by atoms with van der Waals surface area (Å²) in [5, 5.41) is 0. The van der Waals surface area contributed by atoms with Crippen LogP contribution >= 0.6 is 0 Å². The summed E-state index contributed by atoms with van der Waals surface area (Å²) in [6, 6.07) is 29.2. The molecule has 52 heavy (non-hydrogen) atoms. The first kappa shape index (κ1) is 33.3. The average Bonchev–Trinajstić information content (AvgIpc) is 3.77. The van der Waals surface area contributed by atoms with E-state index in [0.717, 1.165) is 0 Å². The highest BCUT2D eigenvalue weighted by Gasteiger charge is 2.52. The van der Waals surface area contributed by atoms with Crippen LogP contribution < -0.4 is 0 Å². The smallest absolute Gasteiger partial charge is 0.334 e. The highest BCUT2D eigenvalue weighted by Crippen LogP contribution is 2.52. The van der Waals surface area contributed by atoms with Crippen molar-refractivity contribution in [1.29, 1.82) is 0 Å². The van der Waals surface area contributed by atoms with Crippen LogP contribution in [0.5, 0.6) is 0 Å². The lowest BCUT2D eigenvalue weighted by molar-refractivity contribution is -0.163. The van der Waals surface area contributed by atoms with Crippen molar-refractivity contribution in [3.05, 3.63) is 154 Å². The Hall–Kier alpha value is -5.80. The summed E-state index contributed by atoms with van der Waals surface area (Å²) < 4.78 is 47.2. The van der Waals surface area contributed by atoms with Gasteiger partial charge in [-0.1, -0.05) is 67.2 Å². The summed E-state index contributed by atoms with van der Waals surface area (Å²) in [5.74, 6) is -1.39. The standard InChI is InChI=1S/C43H34O8S/c1-24(2)39(45)50-42(6)31-13-9-10-14-36(31)52(47,48)37-22-26(16-19-32(37)42)25-15-18-29-33(21-25)43(51-40(46)41(3,4)5,34-23-27-17-20-35(34)49-27)30-12-8-7-11-28(30)38(29)44/h7-23H,1H2,2-6H3. The van der Waals surface area contributed by atoms with Crippen molar-refractivity contribution < 1.29 is 36.7 Å². The zero-order chi connectivity index (χ0) is 37.0. The van der Waals surface area contributed by atoms with Gasteiger partial charge in [0.1, 0.15) is 11.2 Å². The number of carbonyl (C=O) groups is 3. The summed E-state index contributed by atoms with van der Waals surface area (Å²) in [4.78, 5) is 41.1. The Morgan fingerprint density at radius 3 is 2.02 bits per heavy atom. The molecule has 2 aromatic heterocycles. The van der Waals surface area contributed by atoms with Crippen molar-refractivity contribution in [3.63, 3.8) is 0 Å². The van der Waals surface area contributed by atoms with Crippen LogP contribution in [0.15, 0.2) is 129 Å². The quantitative estimate of drug-likeness (QED) is 0.129. The van der Waals surface area contributed by atoms with E-state index in [1.165, 1.54) is 13.0 Å². The van der Waals surface area contributed by atoms with E-state index in [1.807, 2.05) is 18.2 Å². The molecule has 2 atom stereocenters. The minimum Gasteiger partial charge on any atom is -0.457 e. The Labute approximate surface area is 300 Å². The second-order valence-electron chi connectivity index (χ2n) is 14.6. The predicted molar refractivity (Wildman–Crippen MR) is 194 cm³/mol. The number of sulfone groups is 1. The van der Waals surface area contributed by atoms with Gasteiger partial charge < -0.3 is 13.9 Å². The van der Waals surface area contributed by atoms with E-state index in [0.29, 0.717) is 61.2 Å². The van der Waals surface area contributed by atoms with E-state index in [4.69, 9.17) is 13.9 Å². The third-order valence-electron chi connectivity index (χ3n) is 10.1. The zero-order valence-corrected chi connectivity index (χ0v) is 30.0. The van der Waals surface area contributed by atoms with Crippen LogP contribution in [0.2, 0.25) is 0 Å². The molecule has 8 nitrogen and oxygen atoms in total. The fraction of sp³-hybridized carbons (Fsp3) is 0.186. The molecule has 0 saturated carbocycles. The number of benzene rings is 5. The Kier molecular flexibility index (Phi) is 7.12. The molecule has 1 aliphatic heterocycles. The van der Waals surface area contributed by atoms with Crippen LogP contribution in [0.1, 0.15) is 78.4 Å². The zero-order valence-electron chi connectivity index (χ0n) is 29.2. The molecule has 2 unspecified atom stereocenters. The first-order valence-corrected chi connectivity index (χ1v) is 18.3. The van der Waals surface area contributed by atoms with Crippen molar-refractivity contribution in [3.8, 4) is 11.1 Å². The number of hydrogen-bond acceptors (Lipinski definition) is 8. The molecule has 4 aromatic carbocycles. The van der Waals surface area contributed by atoms with Gasteiger partial charge in [0.2, 0.25) is 9.84 Å². The summed E-state index contributed by atoms with van der Waals surface area (Å²) >= 11 is 0. The SMILES string of the molecule is C=C(C)C(=O)OC1(C)c2ccccc2S(=O)(=O)c2cc(-c3ccc4c(c3)C(OC(=O)C(C)(C)C)(c3cc5ccc3o5)c3ccccc3C4=O)ccc21. The number of esters is 2. The molecule has 0 amide bonds. The number of carbonyl (C=O) groups excluding carboxylic acids is 3. The van der Waals surface area contributed by atoms with Crippen LogP contribution in [-0.4, -0.2) is 26.1 Å². The Morgan fingerprint density at radius 2 is 1.35 bits per heavy atom. The maximum Gasteiger partial charge on any atom is 0.334 e. The lowest BCUT2D eigenvalue weighted by Gasteiger charge is -2.41. The average molecular weight is 711 g/mol. The van der Waals surface area contributed by atoms with Crippen LogP contribution in [0.4, 0.5) is 0 Å². The molecule has 0 spiro atoms. The molecular formula is C43H34O8S. The van der Waals surface area contributed by atoms with Gasteiger partial charge in [0.25, 0.3) is 0 Å². The lowest BCUT2D eigenvalue weighted by atomic mass is 9.69. The van der Waals surface area contributed by atoms with Crippen molar-refractivity contribution in [1.82, 2.24) is 0 Å². The van der Waals surface area contributed by atoms with Crippen molar-refractivity contribution in [2.75, 3.05) is 0 Å². The molecule has 0 radical (unpaired) electrons. The van der Waals surface area contributed by atoms with Crippen molar-refractivity contribution in [2.45, 2.75) is 55.6 Å². The van der Waals surface area contributed by atoms with Gasteiger partial charge in [-0.15, -0.1) is 0 Å². The first-order chi connectivity index (χ1) is 24.6. The summed E-state index contributed by atoms with van der Waals surface area (Å²) in [5.41, 5.74) is 1.25. The largest absolute Gasteiger partial charge is 0.457 e. The van der Waals surface area contributed by atoms with Gasteiger partial charge in [-0.3, -0.25) is 9.59 Å². The van der Waals surface area contributed by atoms with E-state index in [9.17, 15) is 22.8 Å². The summed E-state index contributed by atoms with van der Waals surface area (Å²) in [6.07, 6.45) is 0. The van der Waals surface area contributed by atoms with Crippen molar-refractivity contribution in [2.24, 2.45) is 5.41 Å². The number of furan rings is 2. The monoisotopic (exact) mass is 710 g/mol. The van der Waals surface area contributed by atoms with Gasteiger partial charge in [0.05, 0.1) is 20.8 Å². The van der Waals surface area contributed by atoms with E-state index >= 15 is 0 Å².